The van der Waals surface area contributed by atoms with Gasteiger partial charge in [-0.3, -0.25) is 4.98 Å². The molecule has 72 valence electrons. The van der Waals surface area contributed by atoms with Crippen LogP contribution in [0.2, 0.25) is 0 Å². The molecule has 2 aromatic rings. The van der Waals surface area contributed by atoms with E-state index in [0.29, 0.717) is 0 Å². The number of thioether (sulfide) groups is 1. The van der Waals surface area contributed by atoms with Crippen molar-refractivity contribution >= 4 is 28.4 Å². The van der Waals surface area contributed by atoms with Gasteiger partial charge in [-0.2, -0.15) is 11.8 Å². The van der Waals surface area contributed by atoms with Crippen LogP contribution in [-0.4, -0.2) is 11.2 Å². The van der Waals surface area contributed by atoms with Gasteiger partial charge in [-0.05, 0) is 30.0 Å². The molecule has 0 bridgehead atoms. The van der Waals surface area contributed by atoms with Crippen molar-refractivity contribution in [2.45, 2.75) is 5.75 Å². The summed E-state index contributed by atoms with van der Waals surface area (Å²) >= 11 is 1.79. The topological polar surface area (TPSA) is 38.9 Å². The summed E-state index contributed by atoms with van der Waals surface area (Å²) in [5.41, 5.74) is 8.96. The number of pyridine rings is 1. The van der Waals surface area contributed by atoms with E-state index >= 15 is 0 Å². The molecule has 0 saturated carbocycles. The second-order valence-corrected chi connectivity index (χ2v) is 4.01. The highest BCUT2D eigenvalue weighted by Gasteiger charge is 2.03. The normalized spacial score (nSPS) is 10.6. The van der Waals surface area contributed by atoms with E-state index in [1.165, 1.54) is 5.56 Å². The van der Waals surface area contributed by atoms with Gasteiger partial charge in [-0.1, -0.05) is 6.07 Å². The summed E-state index contributed by atoms with van der Waals surface area (Å²) in [6.07, 6.45) is 3.90. The van der Waals surface area contributed by atoms with E-state index in [1.54, 1.807) is 11.8 Å². The van der Waals surface area contributed by atoms with Crippen LogP contribution in [0.5, 0.6) is 0 Å². The second-order valence-electron chi connectivity index (χ2n) is 3.15. The molecule has 0 saturated heterocycles. The maximum absolute atomic E-state index is 5.87. The van der Waals surface area contributed by atoms with Gasteiger partial charge < -0.3 is 5.73 Å². The molecule has 1 aromatic heterocycles. The smallest absolute Gasteiger partial charge is 0.0763 e. The van der Waals surface area contributed by atoms with Crippen LogP contribution in [0.15, 0.2) is 30.5 Å². The predicted molar refractivity (Wildman–Crippen MR) is 63.4 cm³/mol. The average Bonchev–Trinajstić information content (AvgIpc) is 2.23. The van der Waals surface area contributed by atoms with Crippen molar-refractivity contribution in [2.75, 3.05) is 12.0 Å². The van der Waals surface area contributed by atoms with Crippen molar-refractivity contribution < 1.29 is 0 Å². The Labute approximate surface area is 87.5 Å². The molecule has 3 heteroatoms. The van der Waals surface area contributed by atoms with Crippen molar-refractivity contribution in [3.8, 4) is 0 Å². The van der Waals surface area contributed by atoms with Gasteiger partial charge in [-0.15, -0.1) is 0 Å². The first-order valence-electron chi connectivity index (χ1n) is 4.44. The molecular formula is C11H12N2S. The van der Waals surface area contributed by atoms with Gasteiger partial charge in [0.15, 0.2) is 0 Å². The SMILES string of the molecule is CSCc1ccc(N)c2cccnc12. The number of aromatic nitrogens is 1. The largest absolute Gasteiger partial charge is 0.398 e. The summed E-state index contributed by atoms with van der Waals surface area (Å²) in [6, 6.07) is 7.94. The maximum Gasteiger partial charge on any atom is 0.0763 e. The lowest BCUT2D eigenvalue weighted by atomic mass is 10.1. The lowest BCUT2D eigenvalue weighted by Crippen LogP contribution is -1.92. The third kappa shape index (κ3) is 1.55. The fourth-order valence-corrected chi connectivity index (χ4v) is 2.07. The summed E-state index contributed by atoms with van der Waals surface area (Å²) in [7, 11) is 0. The van der Waals surface area contributed by atoms with Crippen molar-refractivity contribution in [1.82, 2.24) is 4.98 Å². The van der Waals surface area contributed by atoms with Crippen LogP contribution >= 0.6 is 11.8 Å². The number of nitrogen functional groups attached to an aromatic ring is 1. The van der Waals surface area contributed by atoms with Crippen LogP contribution in [0.25, 0.3) is 10.9 Å². The van der Waals surface area contributed by atoms with Gasteiger partial charge in [0.05, 0.1) is 5.52 Å². The number of anilines is 1. The van der Waals surface area contributed by atoms with Crippen molar-refractivity contribution in [3.63, 3.8) is 0 Å². The number of fused-ring (bicyclic) bond motifs is 1. The van der Waals surface area contributed by atoms with Crippen molar-refractivity contribution in [3.05, 3.63) is 36.0 Å². The molecule has 0 unspecified atom stereocenters. The number of nitrogens with zero attached hydrogens (tertiary/aromatic N) is 1. The molecule has 0 radical (unpaired) electrons. The number of hydrogen-bond acceptors (Lipinski definition) is 3. The second kappa shape index (κ2) is 3.88. The van der Waals surface area contributed by atoms with E-state index in [1.807, 2.05) is 24.4 Å². The van der Waals surface area contributed by atoms with E-state index in [-0.39, 0.29) is 0 Å². The fraction of sp³-hybridized carbons (Fsp3) is 0.182. The summed E-state index contributed by atoms with van der Waals surface area (Å²) < 4.78 is 0. The lowest BCUT2D eigenvalue weighted by molar-refractivity contribution is 1.35. The molecular weight excluding hydrogens is 192 g/mol. The van der Waals surface area contributed by atoms with Crippen LogP contribution in [0.3, 0.4) is 0 Å². The average molecular weight is 204 g/mol. The van der Waals surface area contributed by atoms with Crippen molar-refractivity contribution in [2.24, 2.45) is 0 Å². The summed E-state index contributed by atoms with van der Waals surface area (Å²) in [4.78, 5) is 4.37. The first kappa shape index (κ1) is 9.34. The number of benzene rings is 1. The third-order valence-electron chi connectivity index (χ3n) is 2.19. The van der Waals surface area contributed by atoms with Crippen LogP contribution in [0.1, 0.15) is 5.56 Å². The minimum atomic E-state index is 0.804. The first-order valence-corrected chi connectivity index (χ1v) is 5.83. The van der Waals surface area contributed by atoms with Crippen LogP contribution in [0, 0.1) is 0 Å². The molecule has 2 rings (SSSR count). The van der Waals surface area contributed by atoms with E-state index in [9.17, 15) is 0 Å². The molecule has 2 nitrogen and oxygen atoms in total. The molecule has 0 aliphatic rings. The predicted octanol–water partition coefficient (Wildman–Crippen LogP) is 2.68. The molecule has 14 heavy (non-hydrogen) atoms. The quantitative estimate of drug-likeness (QED) is 0.764. The van der Waals surface area contributed by atoms with Crippen LogP contribution < -0.4 is 5.73 Å². The van der Waals surface area contributed by atoms with Gasteiger partial charge >= 0.3 is 0 Å². The van der Waals surface area contributed by atoms with Gasteiger partial charge in [0.2, 0.25) is 0 Å². The van der Waals surface area contributed by atoms with Gasteiger partial charge in [0.25, 0.3) is 0 Å². The Hall–Kier alpha value is -1.22. The van der Waals surface area contributed by atoms with Crippen LogP contribution in [0.4, 0.5) is 5.69 Å². The number of nitrogens with two attached hydrogens (primary N) is 1. The molecule has 0 spiro atoms. The Bertz CT molecular complexity index is 454. The molecule has 0 amide bonds. The lowest BCUT2D eigenvalue weighted by Gasteiger charge is -2.05. The summed E-state index contributed by atoms with van der Waals surface area (Å²) in [6.45, 7) is 0. The standard InChI is InChI=1S/C11H12N2S/c1-14-7-8-4-5-10(12)9-3-2-6-13-11(8)9/h2-6H,7,12H2,1H3. The fourth-order valence-electron chi connectivity index (χ4n) is 1.53. The Morgan fingerprint density at radius 1 is 1.36 bits per heavy atom. The Kier molecular flexibility index (Phi) is 2.59. The highest BCUT2D eigenvalue weighted by molar-refractivity contribution is 7.97. The Morgan fingerprint density at radius 3 is 3.00 bits per heavy atom. The van der Waals surface area contributed by atoms with Gasteiger partial charge in [0.1, 0.15) is 0 Å². The molecule has 2 N–H and O–H groups in total. The highest BCUT2D eigenvalue weighted by Crippen LogP contribution is 2.24. The summed E-state index contributed by atoms with van der Waals surface area (Å²) in [5.74, 6) is 0.980. The molecule has 1 heterocycles. The van der Waals surface area contributed by atoms with Crippen LogP contribution in [-0.2, 0) is 5.75 Å². The molecule has 1 aromatic carbocycles. The van der Waals surface area contributed by atoms with E-state index in [0.717, 1.165) is 22.3 Å². The zero-order valence-electron chi connectivity index (χ0n) is 8.03. The maximum atomic E-state index is 5.87. The Balaban J connectivity index is 2.68. The number of rotatable bonds is 2. The van der Waals surface area contributed by atoms with Crippen molar-refractivity contribution in [1.29, 1.82) is 0 Å². The minimum Gasteiger partial charge on any atom is -0.398 e. The molecule has 0 fully saturated rings. The molecule has 0 aliphatic carbocycles. The summed E-state index contributed by atoms with van der Waals surface area (Å²) in [5, 5.41) is 1.05. The van der Waals surface area contributed by atoms with Gasteiger partial charge in [-0.25, -0.2) is 0 Å². The monoisotopic (exact) mass is 204 g/mol. The van der Waals surface area contributed by atoms with E-state index in [4.69, 9.17) is 5.73 Å². The zero-order valence-corrected chi connectivity index (χ0v) is 8.84. The minimum absolute atomic E-state index is 0.804. The van der Waals surface area contributed by atoms with Gasteiger partial charge in [0, 0.05) is 23.0 Å². The first-order chi connectivity index (χ1) is 6.83. The van der Waals surface area contributed by atoms with E-state index in [2.05, 4.69) is 17.3 Å². The third-order valence-corrected chi connectivity index (χ3v) is 2.79. The van der Waals surface area contributed by atoms with E-state index < -0.39 is 0 Å². The number of hydrogen-bond donors (Lipinski definition) is 1. The highest BCUT2D eigenvalue weighted by atomic mass is 32.2. The zero-order chi connectivity index (χ0) is 9.97. The molecule has 0 aliphatic heterocycles. The Morgan fingerprint density at radius 2 is 2.21 bits per heavy atom. The molecule has 0 atom stereocenters.